The fourth-order valence-electron chi connectivity index (χ4n) is 3.01. The Bertz CT molecular complexity index is 246. The molecule has 0 aromatic heterocycles. The van der Waals surface area contributed by atoms with Gasteiger partial charge in [-0.25, -0.2) is 0 Å². The Balaban J connectivity index is 2.45. The molecule has 0 amide bonds. The van der Waals surface area contributed by atoms with Crippen molar-refractivity contribution in [2.45, 2.75) is 33.6 Å². The third-order valence-corrected chi connectivity index (χ3v) is 7.97. The first-order valence-corrected chi connectivity index (χ1v) is 8.16. The topological polar surface area (TPSA) is 17.1 Å². The van der Waals surface area contributed by atoms with Crippen molar-refractivity contribution in [3.05, 3.63) is 0 Å². The molecule has 2 aliphatic rings. The molecule has 2 heteroatoms. The van der Waals surface area contributed by atoms with E-state index < -0.39 is 0 Å². The van der Waals surface area contributed by atoms with Gasteiger partial charge in [-0.15, -0.1) is 0 Å². The van der Waals surface area contributed by atoms with Gasteiger partial charge in [0.25, 0.3) is 0 Å². The molecule has 1 aliphatic heterocycles. The van der Waals surface area contributed by atoms with Gasteiger partial charge in [0.1, 0.15) is 0 Å². The first-order chi connectivity index (χ1) is 6.04. The molecule has 1 saturated heterocycles. The fraction of sp³-hybridized carbons (Fsp3) is 0.909. The van der Waals surface area contributed by atoms with Gasteiger partial charge in [0.15, 0.2) is 0 Å². The minimum absolute atomic E-state index is 0.100. The summed E-state index contributed by atoms with van der Waals surface area (Å²) in [6.45, 7) is 6.86. The number of ketones is 1. The van der Waals surface area contributed by atoms with Crippen LogP contribution in [0.15, 0.2) is 0 Å². The van der Waals surface area contributed by atoms with E-state index in [0.717, 1.165) is 18.8 Å². The van der Waals surface area contributed by atoms with Crippen molar-refractivity contribution in [2.75, 3.05) is 8.86 Å². The number of hydrogen-bond acceptors (Lipinski definition) is 1. The quantitative estimate of drug-likeness (QED) is 0.452. The maximum absolute atomic E-state index is 12.0. The van der Waals surface area contributed by atoms with E-state index in [1.165, 1.54) is 8.86 Å². The van der Waals surface area contributed by atoms with Crippen molar-refractivity contribution in [3.8, 4) is 0 Å². The van der Waals surface area contributed by atoms with Crippen LogP contribution in [-0.4, -0.2) is 14.6 Å². The van der Waals surface area contributed by atoms with Crippen LogP contribution in [0.1, 0.15) is 33.6 Å². The summed E-state index contributed by atoms with van der Waals surface area (Å²) in [4.78, 5) is 12.0. The molecular formula is C11H18IO-. The van der Waals surface area contributed by atoms with Gasteiger partial charge in [-0.05, 0) is 0 Å². The second-order valence-corrected chi connectivity index (χ2v) is 7.68. The Morgan fingerprint density at radius 2 is 2.23 bits per heavy atom. The molecule has 2 fully saturated rings. The molecule has 1 nitrogen and oxygen atoms in total. The van der Waals surface area contributed by atoms with E-state index >= 15 is 0 Å². The molecular weight excluding hydrogens is 275 g/mol. The van der Waals surface area contributed by atoms with Crippen LogP contribution in [0.3, 0.4) is 0 Å². The van der Waals surface area contributed by atoms with E-state index in [-0.39, 0.29) is 5.41 Å². The van der Waals surface area contributed by atoms with Crippen molar-refractivity contribution in [1.29, 1.82) is 0 Å². The zero-order chi connectivity index (χ0) is 9.69. The summed E-state index contributed by atoms with van der Waals surface area (Å²) in [6.07, 6.45) is 1.97. The molecule has 2 bridgehead atoms. The number of hydrogen-bond donors (Lipinski definition) is 0. The van der Waals surface area contributed by atoms with Gasteiger partial charge in [-0.3, -0.25) is 0 Å². The number of carbonyl (C=O) groups excluding carboxylic acids is 1. The van der Waals surface area contributed by atoms with Crippen LogP contribution in [0, 0.1) is 16.7 Å². The van der Waals surface area contributed by atoms with Crippen LogP contribution < -0.4 is 21.2 Å². The van der Waals surface area contributed by atoms with Crippen molar-refractivity contribution in [1.82, 2.24) is 0 Å². The summed E-state index contributed by atoms with van der Waals surface area (Å²) in [6, 6.07) is 0. The molecule has 1 aliphatic carbocycles. The van der Waals surface area contributed by atoms with Gasteiger partial charge in [-0.2, -0.15) is 0 Å². The number of Topliss-reactive ketones (excluding diaryl/α,β-unsaturated/α-hetero) is 1. The van der Waals surface area contributed by atoms with Crippen LogP contribution in [-0.2, 0) is 4.79 Å². The van der Waals surface area contributed by atoms with E-state index in [9.17, 15) is 4.79 Å². The predicted octanol–water partition coefficient (Wildman–Crippen LogP) is -0.899. The third-order valence-electron chi connectivity index (χ3n) is 4.44. The summed E-state index contributed by atoms with van der Waals surface area (Å²) in [5.74, 6) is 1.31. The van der Waals surface area contributed by atoms with Gasteiger partial charge < -0.3 is 0 Å². The Morgan fingerprint density at radius 1 is 1.54 bits per heavy atom. The minimum atomic E-state index is 0.100. The maximum atomic E-state index is 12.0. The van der Waals surface area contributed by atoms with Gasteiger partial charge >= 0.3 is 91.0 Å². The van der Waals surface area contributed by atoms with Gasteiger partial charge in [0, 0.05) is 0 Å². The number of carbonyl (C=O) groups is 1. The van der Waals surface area contributed by atoms with Crippen LogP contribution in [0.5, 0.6) is 0 Å². The van der Waals surface area contributed by atoms with Crippen molar-refractivity contribution in [2.24, 2.45) is 16.7 Å². The molecule has 13 heavy (non-hydrogen) atoms. The predicted molar refractivity (Wildman–Crippen MR) is 49.4 cm³/mol. The monoisotopic (exact) mass is 293 g/mol. The summed E-state index contributed by atoms with van der Waals surface area (Å²) in [5, 5.41) is 0. The second kappa shape index (κ2) is 2.94. The molecule has 0 unspecified atom stereocenters. The van der Waals surface area contributed by atoms with E-state index in [1.807, 2.05) is 0 Å². The number of alkyl halides is 2. The van der Waals surface area contributed by atoms with E-state index in [0.29, 0.717) is 32.4 Å². The number of halogens is 1. The average Bonchev–Trinajstić information content (AvgIpc) is 2.25. The molecule has 0 N–H and O–H groups in total. The normalized spacial score (nSPS) is 43.0. The SMILES string of the molecule is CC[C@]12C[I-]C[C@H](CC1=O)C2(C)C. The Hall–Kier alpha value is 0.400. The Kier molecular flexibility index (Phi) is 2.25. The number of rotatable bonds is 1. The van der Waals surface area contributed by atoms with Crippen LogP contribution in [0.4, 0.5) is 0 Å². The summed E-state index contributed by atoms with van der Waals surface area (Å²) in [7, 11) is 0. The van der Waals surface area contributed by atoms with Crippen LogP contribution in [0.25, 0.3) is 0 Å². The van der Waals surface area contributed by atoms with Gasteiger partial charge in [0.05, 0.1) is 0 Å². The molecule has 1 heterocycles. The van der Waals surface area contributed by atoms with Crippen molar-refractivity contribution in [3.63, 3.8) is 0 Å². The third kappa shape index (κ3) is 1.07. The first kappa shape index (κ1) is 9.94. The molecule has 0 aromatic carbocycles. The van der Waals surface area contributed by atoms with Gasteiger partial charge in [0.2, 0.25) is 0 Å². The summed E-state index contributed by atoms with van der Waals surface area (Å²) >= 11 is 0.333. The second-order valence-electron chi connectivity index (χ2n) is 4.96. The molecule has 0 spiro atoms. The van der Waals surface area contributed by atoms with E-state index in [2.05, 4.69) is 20.8 Å². The Labute approximate surface area is 90.9 Å². The standard InChI is InChI=1S/C11H18IO/c1-4-11-7-12-6-8(5-9(11)13)10(11,2)3/h8H,4-7H2,1-3H3/q-1/t8-,11-/m0/s1. The Morgan fingerprint density at radius 3 is 2.77 bits per heavy atom. The molecule has 0 aromatic rings. The van der Waals surface area contributed by atoms with Crippen molar-refractivity contribution >= 4 is 5.78 Å². The molecule has 76 valence electrons. The fourth-order valence-corrected chi connectivity index (χ4v) is 8.36. The summed E-state index contributed by atoms with van der Waals surface area (Å²) < 4.78 is 2.64. The zero-order valence-corrected chi connectivity index (χ0v) is 10.8. The molecule has 2 atom stereocenters. The van der Waals surface area contributed by atoms with E-state index in [4.69, 9.17) is 0 Å². The average molecular weight is 293 g/mol. The molecule has 0 radical (unpaired) electrons. The van der Waals surface area contributed by atoms with Gasteiger partial charge in [-0.1, -0.05) is 0 Å². The molecule has 2 rings (SSSR count). The van der Waals surface area contributed by atoms with E-state index in [1.54, 1.807) is 0 Å². The summed E-state index contributed by atoms with van der Waals surface area (Å²) in [5.41, 5.74) is 0.403. The number of fused-ring (bicyclic) bond motifs is 2. The molecule has 1 saturated carbocycles. The van der Waals surface area contributed by atoms with Crippen LogP contribution >= 0.6 is 0 Å². The van der Waals surface area contributed by atoms with Crippen molar-refractivity contribution < 1.29 is 26.0 Å². The first-order valence-electron chi connectivity index (χ1n) is 5.11. The zero-order valence-electron chi connectivity index (χ0n) is 8.69. The van der Waals surface area contributed by atoms with Crippen LogP contribution in [0.2, 0.25) is 0 Å².